The van der Waals surface area contributed by atoms with E-state index in [0.29, 0.717) is 6.04 Å². The van der Waals surface area contributed by atoms with Gasteiger partial charge in [0.2, 0.25) is 0 Å². The Kier molecular flexibility index (Phi) is 6.06. The topological polar surface area (TPSA) is 36.1 Å². The van der Waals surface area contributed by atoms with Gasteiger partial charge in [0.05, 0.1) is 0 Å². The van der Waals surface area contributed by atoms with Gasteiger partial charge in [-0.1, -0.05) is 12.7 Å². The highest BCUT2D eigenvalue weighted by molar-refractivity contribution is 5.07. The second-order valence-corrected chi connectivity index (χ2v) is 2.99. The summed E-state index contributed by atoms with van der Waals surface area (Å²) in [6.07, 6.45) is 3.10. The molecule has 0 rings (SSSR count). The Morgan fingerprint density at radius 2 is 1.92 bits per heavy atom. The van der Waals surface area contributed by atoms with Crippen LogP contribution < -0.4 is 16.0 Å². The van der Waals surface area contributed by atoms with Crippen molar-refractivity contribution in [3.63, 3.8) is 0 Å². The van der Waals surface area contributed by atoms with Gasteiger partial charge in [0, 0.05) is 31.5 Å². The quantitative estimate of drug-likeness (QED) is 0.570. The maximum absolute atomic E-state index is 3.92. The average Bonchev–Trinajstić information content (AvgIpc) is 2.17. The maximum atomic E-state index is 3.92. The predicted molar refractivity (Wildman–Crippen MR) is 58.5 cm³/mol. The van der Waals surface area contributed by atoms with Crippen LogP contribution in [0.5, 0.6) is 0 Å². The van der Waals surface area contributed by atoms with E-state index in [1.807, 2.05) is 21.1 Å². The van der Waals surface area contributed by atoms with Crippen molar-refractivity contribution in [1.29, 1.82) is 0 Å². The van der Waals surface area contributed by atoms with Crippen LogP contribution in [0.3, 0.4) is 0 Å². The van der Waals surface area contributed by atoms with Gasteiger partial charge in [0.15, 0.2) is 0 Å². The van der Waals surface area contributed by atoms with E-state index in [1.165, 1.54) is 5.70 Å². The number of hydrogen-bond acceptors (Lipinski definition) is 3. The minimum absolute atomic E-state index is 0.299. The third-order valence-electron chi connectivity index (χ3n) is 2.14. The Balaban J connectivity index is 4.06. The first-order chi connectivity index (χ1) is 6.15. The molecular weight excluding hydrogens is 162 g/mol. The molecule has 0 radical (unpaired) electrons. The lowest BCUT2D eigenvalue weighted by Gasteiger charge is -2.17. The van der Waals surface area contributed by atoms with E-state index < -0.39 is 0 Å². The van der Waals surface area contributed by atoms with E-state index in [-0.39, 0.29) is 0 Å². The zero-order valence-corrected chi connectivity index (χ0v) is 9.07. The van der Waals surface area contributed by atoms with Gasteiger partial charge in [-0.15, -0.1) is 0 Å². The molecule has 13 heavy (non-hydrogen) atoms. The Morgan fingerprint density at radius 1 is 1.31 bits per heavy atom. The summed E-state index contributed by atoms with van der Waals surface area (Å²) in [6.45, 7) is 5.98. The molecule has 0 aromatic heterocycles. The van der Waals surface area contributed by atoms with Gasteiger partial charge >= 0.3 is 0 Å². The first kappa shape index (κ1) is 12.0. The standard InChI is InChI=1S/C10H21N3/c1-8(11-3)6-7-10(13-5)9(2)12-4/h6,10-13H,2,7H2,1,3-5H3. The molecule has 76 valence electrons. The molecule has 0 saturated carbocycles. The highest BCUT2D eigenvalue weighted by atomic mass is 15.0. The minimum atomic E-state index is 0.299. The molecule has 0 bridgehead atoms. The summed E-state index contributed by atoms with van der Waals surface area (Å²) in [6, 6.07) is 0.299. The summed E-state index contributed by atoms with van der Waals surface area (Å²) >= 11 is 0. The van der Waals surface area contributed by atoms with Gasteiger partial charge in [-0.3, -0.25) is 0 Å². The molecule has 3 heteroatoms. The summed E-state index contributed by atoms with van der Waals surface area (Å²) in [4.78, 5) is 0. The monoisotopic (exact) mass is 183 g/mol. The van der Waals surface area contributed by atoms with Crippen LogP contribution in [-0.4, -0.2) is 27.2 Å². The fraction of sp³-hybridized carbons (Fsp3) is 0.600. The van der Waals surface area contributed by atoms with E-state index in [9.17, 15) is 0 Å². The minimum Gasteiger partial charge on any atom is -0.392 e. The number of allylic oxidation sites excluding steroid dienone is 1. The first-order valence-electron chi connectivity index (χ1n) is 4.54. The molecule has 3 nitrogen and oxygen atoms in total. The number of nitrogens with one attached hydrogen (secondary N) is 3. The van der Waals surface area contributed by atoms with Crippen LogP contribution in [0.4, 0.5) is 0 Å². The van der Waals surface area contributed by atoms with E-state index in [0.717, 1.165) is 12.1 Å². The maximum Gasteiger partial charge on any atom is 0.0496 e. The SMILES string of the molecule is C=C(NC)C(CC=C(C)NC)NC. The van der Waals surface area contributed by atoms with Crippen molar-refractivity contribution in [2.45, 2.75) is 19.4 Å². The third kappa shape index (κ3) is 4.58. The van der Waals surface area contributed by atoms with E-state index >= 15 is 0 Å². The lowest BCUT2D eigenvalue weighted by atomic mass is 10.1. The number of hydrogen-bond donors (Lipinski definition) is 3. The zero-order valence-electron chi connectivity index (χ0n) is 9.07. The number of likely N-dealkylation sites (N-methyl/N-ethyl adjacent to an activating group) is 2. The second kappa shape index (κ2) is 6.54. The molecular formula is C10H21N3. The van der Waals surface area contributed by atoms with E-state index in [2.05, 4.69) is 35.5 Å². The van der Waals surface area contributed by atoms with E-state index in [4.69, 9.17) is 0 Å². The largest absolute Gasteiger partial charge is 0.392 e. The van der Waals surface area contributed by atoms with E-state index in [1.54, 1.807) is 0 Å². The fourth-order valence-corrected chi connectivity index (χ4v) is 1.01. The van der Waals surface area contributed by atoms with Crippen LogP contribution in [0.2, 0.25) is 0 Å². The van der Waals surface area contributed by atoms with Crippen molar-refractivity contribution in [2.24, 2.45) is 0 Å². The van der Waals surface area contributed by atoms with Crippen LogP contribution in [-0.2, 0) is 0 Å². The summed E-state index contributed by atoms with van der Waals surface area (Å²) in [5.74, 6) is 0. The lowest BCUT2D eigenvalue weighted by molar-refractivity contribution is 0.609. The summed E-state index contributed by atoms with van der Waals surface area (Å²) in [5, 5.41) is 9.33. The van der Waals surface area contributed by atoms with Gasteiger partial charge in [-0.2, -0.15) is 0 Å². The van der Waals surface area contributed by atoms with Crippen molar-refractivity contribution in [1.82, 2.24) is 16.0 Å². The van der Waals surface area contributed by atoms with Crippen LogP contribution >= 0.6 is 0 Å². The fourth-order valence-electron chi connectivity index (χ4n) is 1.01. The van der Waals surface area contributed by atoms with Crippen molar-refractivity contribution < 1.29 is 0 Å². The van der Waals surface area contributed by atoms with Crippen LogP contribution in [0.1, 0.15) is 13.3 Å². The zero-order chi connectivity index (χ0) is 10.3. The van der Waals surface area contributed by atoms with Crippen LogP contribution in [0.25, 0.3) is 0 Å². The van der Waals surface area contributed by atoms with Gasteiger partial charge in [0.25, 0.3) is 0 Å². The van der Waals surface area contributed by atoms with Gasteiger partial charge in [-0.25, -0.2) is 0 Å². The van der Waals surface area contributed by atoms with Crippen LogP contribution in [0, 0.1) is 0 Å². The molecule has 0 heterocycles. The number of rotatable bonds is 6. The van der Waals surface area contributed by atoms with Crippen LogP contribution in [0.15, 0.2) is 24.0 Å². The Hall–Kier alpha value is -0.960. The second-order valence-electron chi connectivity index (χ2n) is 2.99. The average molecular weight is 183 g/mol. The molecule has 0 aromatic carbocycles. The Labute approximate surface area is 81.3 Å². The van der Waals surface area contributed by atoms with Gasteiger partial charge in [-0.05, 0) is 20.4 Å². The Morgan fingerprint density at radius 3 is 2.31 bits per heavy atom. The molecule has 0 spiro atoms. The molecule has 1 unspecified atom stereocenters. The highest BCUT2D eigenvalue weighted by Gasteiger charge is 2.06. The smallest absolute Gasteiger partial charge is 0.0496 e. The van der Waals surface area contributed by atoms with Crippen molar-refractivity contribution in [2.75, 3.05) is 21.1 Å². The molecule has 3 N–H and O–H groups in total. The summed E-state index contributed by atoms with van der Waals surface area (Å²) < 4.78 is 0. The first-order valence-corrected chi connectivity index (χ1v) is 4.54. The molecule has 0 amide bonds. The third-order valence-corrected chi connectivity index (χ3v) is 2.14. The van der Waals surface area contributed by atoms with Crippen molar-refractivity contribution >= 4 is 0 Å². The lowest BCUT2D eigenvalue weighted by Crippen LogP contribution is -2.32. The van der Waals surface area contributed by atoms with Gasteiger partial charge in [0.1, 0.15) is 0 Å². The van der Waals surface area contributed by atoms with Gasteiger partial charge < -0.3 is 16.0 Å². The molecule has 0 saturated heterocycles. The summed E-state index contributed by atoms with van der Waals surface area (Å²) in [7, 11) is 5.75. The van der Waals surface area contributed by atoms with Crippen molar-refractivity contribution in [3.05, 3.63) is 24.0 Å². The molecule has 0 aliphatic carbocycles. The van der Waals surface area contributed by atoms with Crippen molar-refractivity contribution in [3.8, 4) is 0 Å². The Bertz CT molecular complexity index is 185. The molecule has 0 aromatic rings. The highest BCUT2D eigenvalue weighted by Crippen LogP contribution is 2.02. The normalized spacial score (nSPS) is 13.7. The molecule has 1 atom stereocenters. The molecule has 0 aliphatic rings. The molecule has 0 aliphatic heterocycles. The molecule has 0 fully saturated rings. The summed E-state index contributed by atoms with van der Waals surface area (Å²) in [5.41, 5.74) is 2.20. The predicted octanol–water partition coefficient (Wildman–Crippen LogP) is 0.821.